The summed E-state index contributed by atoms with van der Waals surface area (Å²) in [5, 5.41) is 6.06. The van der Waals surface area contributed by atoms with Gasteiger partial charge in [-0.1, -0.05) is 0 Å². The smallest absolute Gasteiger partial charge is 0.226 e. The number of fused-ring (bicyclic) bond motifs is 2. The lowest BCUT2D eigenvalue weighted by molar-refractivity contribution is -0.115. The molecule has 0 bridgehead atoms. The van der Waals surface area contributed by atoms with E-state index in [0.717, 1.165) is 11.5 Å². The summed E-state index contributed by atoms with van der Waals surface area (Å²) in [5.41, 5.74) is 1.45. The molecule has 2 N–H and O–H groups in total. The number of nitrogens with zero attached hydrogens (tertiary/aromatic N) is 3. The number of imidazole rings is 1. The van der Waals surface area contributed by atoms with Crippen LogP contribution in [-0.4, -0.2) is 40.0 Å². The van der Waals surface area contributed by atoms with Crippen molar-refractivity contribution in [2.24, 2.45) is 0 Å². The Morgan fingerprint density at radius 2 is 2.08 bits per heavy atom. The summed E-state index contributed by atoms with van der Waals surface area (Å²) in [5.74, 6) is 2.10. The summed E-state index contributed by atoms with van der Waals surface area (Å²) < 4.78 is 12.9. The first-order valence-corrected chi connectivity index (χ1v) is 8.00. The van der Waals surface area contributed by atoms with E-state index in [1.165, 1.54) is 0 Å². The molecule has 8 nitrogen and oxygen atoms in total. The third-order valence-corrected chi connectivity index (χ3v) is 3.80. The van der Waals surface area contributed by atoms with Crippen molar-refractivity contribution >= 4 is 23.1 Å². The number of hydrogen-bond donors (Lipinski definition) is 2. The molecule has 1 aliphatic heterocycles. The van der Waals surface area contributed by atoms with Crippen molar-refractivity contribution in [3.8, 4) is 11.5 Å². The molecule has 0 saturated carbocycles. The maximum absolute atomic E-state index is 12.1. The number of anilines is 2. The molecular formula is C17H17N5O3. The van der Waals surface area contributed by atoms with E-state index < -0.39 is 0 Å². The number of hydrogen-bond acceptors (Lipinski definition) is 6. The molecule has 25 heavy (non-hydrogen) atoms. The van der Waals surface area contributed by atoms with Crippen molar-refractivity contribution in [3.63, 3.8) is 0 Å². The second-order valence-electron chi connectivity index (χ2n) is 5.53. The van der Waals surface area contributed by atoms with Crippen LogP contribution in [0.1, 0.15) is 6.42 Å². The van der Waals surface area contributed by atoms with E-state index in [2.05, 4.69) is 20.6 Å². The molecule has 0 saturated heterocycles. The van der Waals surface area contributed by atoms with E-state index in [-0.39, 0.29) is 5.91 Å². The number of amides is 1. The van der Waals surface area contributed by atoms with Gasteiger partial charge >= 0.3 is 0 Å². The molecule has 3 aromatic rings. The fraction of sp³-hybridized carbons (Fsp3) is 0.235. The summed E-state index contributed by atoms with van der Waals surface area (Å²) in [4.78, 5) is 20.4. The quantitative estimate of drug-likeness (QED) is 0.738. The minimum atomic E-state index is -0.0836. The lowest BCUT2D eigenvalue weighted by atomic mass is 10.2. The van der Waals surface area contributed by atoms with Gasteiger partial charge in [0.1, 0.15) is 19.0 Å². The molecule has 1 aliphatic rings. The highest BCUT2D eigenvalue weighted by atomic mass is 16.6. The fourth-order valence-electron chi connectivity index (χ4n) is 2.62. The molecule has 2 aromatic heterocycles. The first-order valence-electron chi connectivity index (χ1n) is 8.00. The van der Waals surface area contributed by atoms with E-state index in [0.29, 0.717) is 43.4 Å². The molecular weight excluding hydrogens is 322 g/mol. The number of carbonyl (C=O) groups excluding carboxylic acids is 1. The standard InChI is InChI=1S/C17H17N5O3/c23-17(21-12-1-2-13-14(9-12)25-8-7-24-13)3-4-19-16-11-20-15-10-18-5-6-22(15)16/h1-2,5-6,9-11,19H,3-4,7-8H2,(H,21,23). The van der Waals surface area contributed by atoms with Gasteiger partial charge in [0.15, 0.2) is 17.1 Å². The van der Waals surface area contributed by atoms with Crippen LogP contribution >= 0.6 is 0 Å². The van der Waals surface area contributed by atoms with Crippen LogP contribution in [0.5, 0.6) is 11.5 Å². The summed E-state index contributed by atoms with van der Waals surface area (Å²) in [6.45, 7) is 1.55. The van der Waals surface area contributed by atoms with Crippen molar-refractivity contribution < 1.29 is 14.3 Å². The van der Waals surface area contributed by atoms with E-state index in [1.54, 1.807) is 36.8 Å². The van der Waals surface area contributed by atoms with Gasteiger partial charge < -0.3 is 20.1 Å². The maximum Gasteiger partial charge on any atom is 0.226 e. The fourth-order valence-corrected chi connectivity index (χ4v) is 2.62. The Kier molecular flexibility index (Phi) is 4.07. The van der Waals surface area contributed by atoms with Gasteiger partial charge in [-0.2, -0.15) is 0 Å². The Balaban J connectivity index is 1.32. The molecule has 0 spiro atoms. The molecule has 1 amide bonds. The zero-order valence-corrected chi connectivity index (χ0v) is 13.4. The number of rotatable bonds is 5. The zero-order chi connectivity index (χ0) is 17.1. The van der Waals surface area contributed by atoms with Crippen molar-refractivity contribution in [2.45, 2.75) is 6.42 Å². The first-order chi connectivity index (χ1) is 12.3. The van der Waals surface area contributed by atoms with E-state index in [9.17, 15) is 4.79 Å². The van der Waals surface area contributed by atoms with Gasteiger partial charge in [-0.05, 0) is 12.1 Å². The highest BCUT2D eigenvalue weighted by molar-refractivity contribution is 5.91. The predicted molar refractivity (Wildman–Crippen MR) is 92.2 cm³/mol. The van der Waals surface area contributed by atoms with Crippen molar-refractivity contribution in [1.82, 2.24) is 14.4 Å². The Hall–Kier alpha value is -3.29. The Bertz CT molecular complexity index is 908. The minimum Gasteiger partial charge on any atom is -0.486 e. The molecule has 0 aliphatic carbocycles. The van der Waals surface area contributed by atoms with Crippen LogP contribution in [0.4, 0.5) is 11.5 Å². The van der Waals surface area contributed by atoms with Crippen LogP contribution in [0, 0.1) is 0 Å². The Labute approximate surface area is 143 Å². The lowest BCUT2D eigenvalue weighted by Crippen LogP contribution is -2.18. The van der Waals surface area contributed by atoms with Gasteiger partial charge in [0.25, 0.3) is 0 Å². The van der Waals surface area contributed by atoms with E-state index >= 15 is 0 Å². The molecule has 4 rings (SSSR count). The number of benzene rings is 1. The van der Waals surface area contributed by atoms with Crippen molar-refractivity contribution in [2.75, 3.05) is 30.4 Å². The van der Waals surface area contributed by atoms with Crippen LogP contribution in [0.2, 0.25) is 0 Å². The Morgan fingerprint density at radius 1 is 1.20 bits per heavy atom. The van der Waals surface area contributed by atoms with Gasteiger partial charge in [0.05, 0.1) is 12.4 Å². The maximum atomic E-state index is 12.1. The second kappa shape index (κ2) is 6.68. The number of nitrogens with one attached hydrogen (secondary N) is 2. The van der Waals surface area contributed by atoms with Gasteiger partial charge in [-0.15, -0.1) is 0 Å². The third kappa shape index (κ3) is 3.32. The molecule has 8 heteroatoms. The van der Waals surface area contributed by atoms with E-state index in [1.807, 2.05) is 10.6 Å². The van der Waals surface area contributed by atoms with Crippen LogP contribution in [-0.2, 0) is 4.79 Å². The molecule has 0 fully saturated rings. The highest BCUT2D eigenvalue weighted by Gasteiger charge is 2.12. The molecule has 0 radical (unpaired) electrons. The molecule has 3 heterocycles. The average molecular weight is 339 g/mol. The lowest BCUT2D eigenvalue weighted by Gasteiger charge is -2.19. The van der Waals surface area contributed by atoms with Crippen LogP contribution in [0.25, 0.3) is 5.65 Å². The van der Waals surface area contributed by atoms with Crippen molar-refractivity contribution in [1.29, 1.82) is 0 Å². The Morgan fingerprint density at radius 3 is 3.00 bits per heavy atom. The highest BCUT2D eigenvalue weighted by Crippen LogP contribution is 2.32. The predicted octanol–water partition coefficient (Wildman–Crippen LogP) is 1.94. The van der Waals surface area contributed by atoms with Crippen molar-refractivity contribution in [3.05, 3.63) is 43.0 Å². The van der Waals surface area contributed by atoms with Crippen LogP contribution in [0.3, 0.4) is 0 Å². The van der Waals surface area contributed by atoms with Gasteiger partial charge in [0, 0.05) is 37.1 Å². The van der Waals surface area contributed by atoms with Gasteiger partial charge in [-0.25, -0.2) is 4.98 Å². The summed E-state index contributed by atoms with van der Waals surface area (Å²) in [7, 11) is 0. The molecule has 128 valence electrons. The van der Waals surface area contributed by atoms with Gasteiger partial charge in [0.2, 0.25) is 5.91 Å². The number of aromatic nitrogens is 3. The third-order valence-electron chi connectivity index (χ3n) is 3.80. The molecule has 0 unspecified atom stereocenters. The summed E-state index contributed by atoms with van der Waals surface area (Å²) >= 11 is 0. The topological polar surface area (TPSA) is 89.8 Å². The largest absolute Gasteiger partial charge is 0.486 e. The van der Waals surface area contributed by atoms with Crippen LogP contribution < -0.4 is 20.1 Å². The normalized spacial score (nSPS) is 12.8. The summed E-state index contributed by atoms with van der Waals surface area (Å²) in [6.07, 6.45) is 7.23. The van der Waals surface area contributed by atoms with Gasteiger partial charge in [-0.3, -0.25) is 14.2 Å². The summed E-state index contributed by atoms with van der Waals surface area (Å²) in [6, 6.07) is 5.38. The molecule has 0 atom stereocenters. The minimum absolute atomic E-state index is 0.0836. The first kappa shape index (κ1) is 15.3. The average Bonchev–Trinajstić information content (AvgIpc) is 3.05. The van der Waals surface area contributed by atoms with E-state index in [4.69, 9.17) is 9.47 Å². The second-order valence-corrected chi connectivity index (χ2v) is 5.53. The number of ether oxygens (including phenoxy) is 2. The zero-order valence-electron chi connectivity index (χ0n) is 13.4. The SMILES string of the molecule is O=C(CCNc1cnc2cnccn12)Nc1ccc2c(c1)OCCO2. The number of carbonyl (C=O) groups is 1. The molecule has 1 aromatic carbocycles. The monoisotopic (exact) mass is 339 g/mol. The van der Waals surface area contributed by atoms with Crippen LogP contribution in [0.15, 0.2) is 43.0 Å².